The summed E-state index contributed by atoms with van der Waals surface area (Å²) in [4.78, 5) is 2.35. The molecule has 0 bridgehead atoms. The minimum absolute atomic E-state index is 0. The Morgan fingerprint density at radius 1 is 0.833 bits per heavy atom. The van der Waals surface area contributed by atoms with Gasteiger partial charge in [-0.15, -0.1) is 0 Å². The highest BCUT2D eigenvalue weighted by Gasteiger charge is 2.14. The summed E-state index contributed by atoms with van der Waals surface area (Å²) in [5.41, 5.74) is 6.24. The molecule has 0 N–H and O–H groups in total. The second kappa shape index (κ2) is 10.1. The summed E-state index contributed by atoms with van der Waals surface area (Å²) in [5, 5.41) is 1.27. The predicted molar refractivity (Wildman–Crippen MR) is 125 cm³/mol. The van der Waals surface area contributed by atoms with Gasteiger partial charge in [0.15, 0.2) is 0 Å². The van der Waals surface area contributed by atoms with E-state index in [4.69, 9.17) is 0 Å². The number of anilines is 1. The lowest BCUT2D eigenvalue weighted by Crippen LogP contribution is -3.00. The van der Waals surface area contributed by atoms with Crippen molar-refractivity contribution in [1.29, 1.82) is 0 Å². The van der Waals surface area contributed by atoms with Gasteiger partial charge in [0.05, 0.1) is 0 Å². The minimum Gasteiger partial charge on any atom is -1.00 e. The smallest absolute Gasteiger partial charge is 0.212 e. The maximum atomic E-state index is 2.35. The van der Waals surface area contributed by atoms with Crippen molar-refractivity contribution in [3.05, 3.63) is 108 Å². The van der Waals surface area contributed by atoms with Gasteiger partial charge >= 0.3 is 0 Å². The third-order valence-electron chi connectivity index (χ3n) is 5.33. The van der Waals surface area contributed by atoms with Crippen LogP contribution in [-0.4, -0.2) is 6.54 Å². The van der Waals surface area contributed by atoms with Crippen LogP contribution < -0.4 is 21.9 Å². The first-order chi connectivity index (χ1) is 14.3. The van der Waals surface area contributed by atoms with E-state index >= 15 is 0 Å². The molecule has 152 valence electrons. The summed E-state index contributed by atoms with van der Waals surface area (Å²) >= 11 is 0. The van der Waals surface area contributed by atoms with Crippen molar-refractivity contribution in [2.45, 2.75) is 20.4 Å². The van der Waals surface area contributed by atoms with Crippen molar-refractivity contribution in [2.75, 3.05) is 11.4 Å². The Hall–Kier alpha value is -3.10. The van der Waals surface area contributed by atoms with Crippen LogP contribution in [0.5, 0.6) is 0 Å². The Morgan fingerprint density at radius 3 is 2.47 bits per heavy atom. The molecule has 0 spiro atoms. The Balaban J connectivity index is 0.00000256. The van der Waals surface area contributed by atoms with Crippen LogP contribution in [0, 0.1) is 0 Å². The molecule has 30 heavy (non-hydrogen) atoms. The number of allylic oxidation sites excluding steroid dienone is 5. The summed E-state index contributed by atoms with van der Waals surface area (Å²) in [6.45, 7) is 6.28. The standard InChI is InChI=1S/C27H27N2.ClH/c1-3-28-24(20-18-22-12-8-10-16-26(22)28)14-6-5-7-15-25-21-19-23-13-9-11-17-27(23)29(25)4-2;/h5-21H,3-4H2,1-2H3;1H/q+1;/p-1. The van der Waals surface area contributed by atoms with Gasteiger partial charge in [0.25, 0.3) is 0 Å². The van der Waals surface area contributed by atoms with Crippen LogP contribution in [0.25, 0.3) is 23.1 Å². The van der Waals surface area contributed by atoms with Gasteiger partial charge in [0.2, 0.25) is 11.2 Å². The monoisotopic (exact) mass is 414 g/mol. The zero-order valence-corrected chi connectivity index (χ0v) is 18.3. The molecule has 0 aliphatic carbocycles. The van der Waals surface area contributed by atoms with Crippen LogP contribution in [0.1, 0.15) is 25.1 Å². The summed E-state index contributed by atoms with van der Waals surface area (Å²) in [7, 11) is 0. The van der Waals surface area contributed by atoms with E-state index in [0.717, 1.165) is 13.1 Å². The van der Waals surface area contributed by atoms with Gasteiger partial charge in [-0.1, -0.05) is 54.6 Å². The van der Waals surface area contributed by atoms with Crippen LogP contribution in [0.15, 0.2) is 96.7 Å². The summed E-state index contributed by atoms with van der Waals surface area (Å²) in [5.74, 6) is 0. The predicted octanol–water partition coefficient (Wildman–Crippen LogP) is 3.16. The maximum absolute atomic E-state index is 2.35. The number of fused-ring (bicyclic) bond motifs is 2. The van der Waals surface area contributed by atoms with Crippen molar-refractivity contribution in [3.63, 3.8) is 0 Å². The number of aromatic nitrogens is 1. The molecular weight excluding hydrogens is 388 g/mol. The lowest BCUT2D eigenvalue weighted by Gasteiger charge is -2.29. The van der Waals surface area contributed by atoms with Crippen LogP contribution in [0.4, 0.5) is 5.69 Å². The molecule has 0 fully saturated rings. The van der Waals surface area contributed by atoms with E-state index in [2.05, 4.69) is 127 Å². The van der Waals surface area contributed by atoms with E-state index in [9.17, 15) is 0 Å². The molecule has 1 aromatic heterocycles. The van der Waals surface area contributed by atoms with E-state index in [1.807, 2.05) is 0 Å². The van der Waals surface area contributed by atoms with Crippen molar-refractivity contribution < 1.29 is 17.0 Å². The number of para-hydroxylation sites is 2. The first-order valence-electron chi connectivity index (χ1n) is 10.3. The largest absolute Gasteiger partial charge is 1.00 e. The van der Waals surface area contributed by atoms with Gasteiger partial charge in [0, 0.05) is 41.5 Å². The summed E-state index contributed by atoms with van der Waals surface area (Å²) in [6, 6.07) is 21.5. The van der Waals surface area contributed by atoms with Crippen molar-refractivity contribution >= 4 is 28.7 Å². The topological polar surface area (TPSA) is 7.12 Å². The SMILES string of the molecule is CCN1C(=CC=CC=Cc2ccc3ccccc3[n+]2CC)C=Cc2ccccc21.[Cl-]. The van der Waals surface area contributed by atoms with Crippen molar-refractivity contribution in [2.24, 2.45) is 0 Å². The molecule has 2 heterocycles. The fraction of sp³-hybridized carbons (Fsp3) is 0.148. The molecular formula is C27H27ClN2. The number of rotatable bonds is 5. The maximum Gasteiger partial charge on any atom is 0.212 e. The van der Waals surface area contributed by atoms with Gasteiger partial charge in [-0.3, -0.25) is 0 Å². The Bertz CT molecular complexity index is 1140. The number of likely N-dealkylation sites (N-methyl/N-ethyl adjacent to an activating group) is 1. The third kappa shape index (κ3) is 4.39. The number of halogens is 1. The van der Waals surface area contributed by atoms with Crippen molar-refractivity contribution in [3.8, 4) is 0 Å². The molecule has 0 atom stereocenters. The number of pyridine rings is 1. The molecule has 1 aliphatic rings. The van der Waals surface area contributed by atoms with E-state index in [-0.39, 0.29) is 12.4 Å². The number of hydrogen-bond donors (Lipinski definition) is 0. The number of hydrogen-bond acceptors (Lipinski definition) is 1. The molecule has 1 aliphatic heterocycles. The van der Waals surface area contributed by atoms with Crippen molar-refractivity contribution in [1.82, 2.24) is 0 Å². The highest BCUT2D eigenvalue weighted by atomic mass is 35.5. The number of nitrogens with zero attached hydrogens (tertiary/aromatic N) is 2. The fourth-order valence-corrected chi connectivity index (χ4v) is 3.93. The highest BCUT2D eigenvalue weighted by Crippen LogP contribution is 2.30. The second-order valence-corrected chi connectivity index (χ2v) is 7.03. The molecule has 0 saturated carbocycles. The van der Waals surface area contributed by atoms with Crippen LogP contribution in [0.2, 0.25) is 0 Å². The molecule has 0 saturated heterocycles. The number of benzene rings is 2. The zero-order chi connectivity index (χ0) is 20.1. The molecule has 3 aromatic rings. The molecule has 0 radical (unpaired) electrons. The average Bonchev–Trinajstić information content (AvgIpc) is 2.78. The Kier molecular flexibility index (Phi) is 7.26. The normalized spacial score (nSPS) is 14.6. The quantitative estimate of drug-likeness (QED) is 0.459. The molecule has 2 nitrogen and oxygen atoms in total. The first-order valence-corrected chi connectivity index (χ1v) is 10.3. The minimum atomic E-state index is 0. The first kappa shape index (κ1) is 21.6. The second-order valence-electron chi connectivity index (χ2n) is 7.03. The zero-order valence-electron chi connectivity index (χ0n) is 17.5. The van der Waals surface area contributed by atoms with Crippen LogP contribution >= 0.6 is 0 Å². The Morgan fingerprint density at radius 2 is 1.63 bits per heavy atom. The summed E-state index contributed by atoms with van der Waals surface area (Å²) in [6.07, 6.45) is 15.1. The van der Waals surface area contributed by atoms with E-state index < -0.39 is 0 Å². The molecule has 4 rings (SSSR count). The molecule has 2 aromatic carbocycles. The molecule has 0 amide bonds. The lowest BCUT2D eigenvalue weighted by atomic mass is 10.1. The van der Waals surface area contributed by atoms with Crippen LogP contribution in [-0.2, 0) is 6.54 Å². The van der Waals surface area contributed by atoms with E-state index in [1.165, 1.54) is 33.5 Å². The molecule has 3 heteroatoms. The average molecular weight is 415 g/mol. The van der Waals surface area contributed by atoms with Gasteiger partial charge in [-0.2, -0.15) is 4.57 Å². The Labute approximate surface area is 185 Å². The highest BCUT2D eigenvalue weighted by molar-refractivity contribution is 5.77. The van der Waals surface area contributed by atoms with Gasteiger partial charge < -0.3 is 17.3 Å². The fourth-order valence-electron chi connectivity index (χ4n) is 3.93. The third-order valence-corrected chi connectivity index (χ3v) is 5.33. The van der Waals surface area contributed by atoms with Gasteiger partial charge in [0.1, 0.15) is 6.54 Å². The lowest BCUT2D eigenvalue weighted by molar-refractivity contribution is -0.669. The van der Waals surface area contributed by atoms with Gasteiger partial charge in [-0.25, -0.2) is 0 Å². The molecule has 0 unspecified atom stereocenters. The van der Waals surface area contributed by atoms with E-state index in [1.54, 1.807) is 0 Å². The van der Waals surface area contributed by atoms with E-state index in [0.29, 0.717) is 0 Å². The summed E-state index contributed by atoms with van der Waals surface area (Å²) < 4.78 is 2.35. The van der Waals surface area contributed by atoms with Crippen LogP contribution in [0.3, 0.4) is 0 Å². The number of aryl methyl sites for hydroxylation is 1. The van der Waals surface area contributed by atoms with Gasteiger partial charge in [-0.05, 0) is 49.8 Å².